The maximum atomic E-state index is 5.72. The van der Waals surface area contributed by atoms with E-state index in [1.54, 1.807) is 0 Å². The van der Waals surface area contributed by atoms with Crippen molar-refractivity contribution >= 4 is 0 Å². The van der Waals surface area contributed by atoms with Gasteiger partial charge in [0.2, 0.25) is 0 Å². The van der Waals surface area contributed by atoms with Crippen molar-refractivity contribution in [2.75, 3.05) is 0 Å². The van der Waals surface area contributed by atoms with Crippen molar-refractivity contribution < 1.29 is 0 Å². The molecule has 2 N–H and O–H groups in total. The minimum atomic E-state index is 0.914. The molecule has 0 bridgehead atoms. The summed E-state index contributed by atoms with van der Waals surface area (Å²) in [5, 5.41) is 0. The minimum absolute atomic E-state index is 0.914. The third-order valence-electron chi connectivity index (χ3n) is 1.73. The Kier molecular flexibility index (Phi) is 3.12. The van der Waals surface area contributed by atoms with Gasteiger partial charge >= 0.3 is 0 Å². The first-order valence-corrected chi connectivity index (χ1v) is 3.97. The summed E-state index contributed by atoms with van der Waals surface area (Å²) in [5.74, 6) is 0. The molecule has 1 aromatic rings. The van der Waals surface area contributed by atoms with E-state index >= 15 is 0 Å². The van der Waals surface area contributed by atoms with Gasteiger partial charge in [-0.15, -0.1) is 0 Å². The SMILES string of the molecule is CC[C](N)Cc1ccccc1. The van der Waals surface area contributed by atoms with Gasteiger partial charge in [0.25, 0.3) is 0 Å². The molecule has 0 aromatic heterocycles. The number of hydrogen-bond donors (Lipinski definition) is 1. The third-order valence-corrected chi connectivity index (χ3v) is 1.73. The van der Waals surface area contributed by atoms with E-state index in [1.165, 1.54) is 5.56 Å². The van der Waals surface area contributed by atoms with Crippen molar-refractivity contribution in [3.05, 3.63) is 41.9 Å². The van der Waals surface area contributed by atoms with Crippen molar-refractivity contribution in [3.8, 4) is 0 Å². The summed E-state index contributed by atoms with van der Waals surface area (Å²) in [7, 11) is 0. The largest absolute Gasteiger partial charge is 0.323 e. The molecule has 0 spiro atoms. The second kappa shape index (κ2) is 4.14. The fraction of sp³-hybridized carbons (Fsp3) is 0.300. The molecule has 0 fully saturated rings. The van der Waals surface area contributed by atoms with Gasteiger partial charge in [0.15, 0.2) is 0 Å². The standard InChI is InChI=1S/C10H14N/c1-2-10(11)8-9-6-4-3-5-7-9/h3-7H,2,8,11H2,1H3. The van der Waals surface area contributed by atoms with Crippen LogP contribution in [0.1, 0.15) is 18.9 Å². The third kappa shape index (κ3) is 2.72. The monoisotopic (exact) mass is 148 g/mol. The Balaban J connectivity index is 2.51. The number of hydrogen-bond acceptors (Lipinski definition) is 1. The highest BCUT2D eigenvalue weighted by Gasteiger charge is 1.99. The van der Waals surface area contributed by atoms with Gasteiger partial charge in [-0.25, -0.2) is 0 Å². The van der Waals surface area contributed by atoms with Gasteiger partial charge in [-0.2, -0.15) is 0 Å². The number of benzene rings is 1. The molecule has 0 amide bonds. The Morgan fingerprint density at radius 1 is 1.27 bits per heavy atom. The van der Waals surface area contributed by atoms with Crippen molar-refractivity contribution in [1.29, 1.82) is 0 Å². The first-order chi connectivity index (χ1) is 5.33. The molecule has 0 aliphatic rings. The van der Waals surface area contributed by atoms with Gasteiger partial charge in [-0.05, 0) is 18.4 Å². The van der Waals surface area contributed by atoms with Crippen molar-refractivity contribution in [1.82, 2.24) is 0 Å². The van der Waals surface area contributed by atoms with E-state index in [9.17, 15) is 0 Å². The molecule has 1 nitrogen and oxygen atoms in total. The Morgan fingerprint density at radius 3 is 2.45 bits per heavy atom. The zero-order valence-corrected chi connectivity index (χ0v) is 6.88. The van der Waals surface area contributed by atoms with E-state index in [0.717, 1.165) is 18.9 Å². The molecule has 0 heterocycles. The van der Waals surface area contributed by atoms with Gasteiger partial charge in [0.1, 0.15) is 0 Å². The molecule has 0 aliphatic carbocycles. The summed E-state index contributed by atoms with van der Waals surface area (Å²) in [4.78, 5) is 0. The molecule has 1 rings (SSSR count). The zero-order chi connectivity index (χ0) is 8.10. The summed E-state index contributed by atoms with van der Waals surface area (Å²) >= 11 is 0. The van der Waals surface area contributed by atoms with Crippen LogP contribution < -0.4 is 5.73 Å². The predicted octanol–water partition coefficient (Wildman–Crippen LogP) is 2.13. The molecule has 0 aliphatic heterocycles. The maximum Gasteiger partial charge on any atom is 0.0378 e. The Morgan fingerprint density at radius 2 is 1.91 bits per heavy atom. The minimum Gasteiger partial charge on any atom is -0.323 e. The molecular weight excluding hydrogens is 134 g/mol. The number of nitrogens with two attached hydrogens (primary N) is 1. The lowest BCUT2D eigenvalue weighted by Crippen LogP contribution is -2.11. The Labute approximate surface area is 68.2 Å². The quantitative estimate of drug-likeness (QED) is 0.698. The number of rotatable bonds is 3. The van der Waals surface area contributed by atoms with E-state index in [2.05, 4.69) is 19.1 Å². The average Bonchev–Trinajstić information content (AvgIpc) is 2.06. The van der Waals surface area contributed by atoms with Crippen molar-refractivity contribution in [2.24, 2.45) is 5.73 Å². The van der Waals surface area contributed by atoms with E-state index < -0.39 is 0 Å². The van der Waals surface area contributed by atoms with E-state index in [-0.39, 0.29) is 0 Å². The molecular formula is C10H14N. The maximum absolute atomic E-state index is 5.72. The van der Waals surface area contributed by atoms with Crippen molar-refractivity contribution in [2.45, 2.75) is 19.8 Å². The van der Waals surface area contributed by atoms with Gasteiger partial charge < -0.3 is 5.73 Å². The van der Waals surface area contributed by atoms with E-state index in [0.29, 0.717) is 0 Å². The fourth-order valence-electron chi connectivity index (χ4n) is 0.983. The van der Waals surface area contributed by atoms with Crippen LogP contribution in [0.5, 0.6) is 0 Å². The topological polar surface area (TPSA) is 26.0 Å². The molecule has 1 heteroatoms. The summed E-state index contributed by atoms with van der Waals surface area (Å²) in [6.45, 7) is 2.08. The highest BCUT2D eigenvalue weighted by molar-refractivity contribution is 5.17. The van der Waals surface area contributed by atoms with Crippen LogP contribution in [0.3, 0.4) is 0 Å². The molecule has 0 unspecified atom stereocenters. The molecule has 1 aromatic carbocycles. The highest BCUT2D eigenvalue weighted by Crippen LogP contribution is 2.07. The second-order valence-corrected chi connectivity index (χ2v) is 2.67. The zero-order valence-electron chi connectivity index (χ0n) is 6.88. The van der Waals surface area contributed by atoms with Crippen molar-refractivity contribution in [3.63, 3.8) is 0 Å². The first kappa shape index (κ1) is 8.28. The van der Waals surface area contributed by atoms with Gasteiger partial charge in [0, 0.05) is 6.04 Å². The van der Waals surface area contributed by atoms with Crippen LogP contribution in [-0.4, -0.2) is 0 Å². The van der Waals surface area contributed by atoms with Gasteiger partial charge in [-0.1, -0.05) is 37.3 Å². The van der Waals surface area contributed by atoms with E-state index in [1.807, 2.05) is 18.2 Å². The van der Waals surface area contributed by atoms with Gasteiger partial charge in [0.05, 0.1) is 0 Å². The smallest absolute Gasteiger partial charge is 0.0378 e. The average molecular weight is 148 g/mol. The lowest BCUT2D eigenvalue weighted by Gasteiger charge is -2.06. The summed E-state index contributed by atoms with van der Waals surface area (Å²) in [6.07, 6.45) is 1.88. The molecule has 1 radical (unpaired) electrons. The van der Waals surface area contributed by atoms with E-state index in [4.69, 9.17) is 5.73 Å². The summed E-state index contributed by atoms with van der Waals surface area (Å²) in [5.41, 5.74) is 7.02. The molecule has 59 valence electrons. The van der Waals surface area contributed by atoms with Crippen LogP contribution in [0.15, 0.2) is 30.3 Å². The normalized spacial score (nSPS) is 10.5. The summed E-state index contributed by atoms with van der Waals surface area (Å²) in [6, 6.07) is 11.4. The first-order valence-electron chi connectivity index (χ1n) is 3.97. The molecule has 0 saturated heterocycles. The highest BCUT2D eigenvalue weighted by atomic mass is 14.6. The summed E-state index contributed by atoms with van der Waals surface area (Å²) < 4.78 is 0. The van der Waals surface area contributed by atoms with Crippen LogP contribution >= 0.6 is 0 Å². The van der Waals surface area contributed by atoms with Crippen LogP contribution in [0.25, 0.3) is 0 Å². The van der Waals surface area contributed by atoms with Gasteiger partial charge in [-0.3, -0.25) is 0 Å². The lowest BCUT2D eigenvalue weighted by molar-refractivity contribution is 0.812. The predicted molar refractivity (Wildman–Crippen MR) is 47.9 cm³/mol. The Hall–Kier alpha value is -0.820. The van der Waals surface area contributed by atoms with Crippen LogP contribution in [0.2, 0.25) is 0 Å². The van der Waals surface area contributed by atoms with Crippen LogP contribution in [-0.2, 0) is 6.42 Å². The van der Waals surface area contributed by atoms with Crippen LogP contribution in [0, 0.1) is 6.04 Å². The second-order valence-electron chi connectivity index (χ2n) is 2.67. The lowest BCUT2D eigenvalue weighted by atomic mass is 10.1. The molecule has 0 saturated carbocycles. The fourth-order valence-corrected chi connectivity index (χ4v) is 0.983. The molecule has 11 heavy (non-hydrogen) atoms. The van der Waals surface area contributed by atoms with Crippen LogP contribution in [0.4, 0.5) is 0 Å². The Bertz CT molecular complexity index is 193. The molecule has 0 atom stereocenters.